The van der Waals surface area contributed by atoms with Gasteiger partial charge in [0.1, 0.15) is 5.75 Å². The summed E-state index contributed by atoms with van der Waals surface area (Å²) in [5.74, 6) is -0.295. The predicted molar refractivity (Wildman–Crippen MR) is 65.2 cm³/mol. The second-order valence-electron chi connectivity index (χ2n) is 4.74. The average molecular weight is 277 g/mol. The number of aliphatic hydroxyl groups is 1. The highest BCUT2D eigenvalue weighted by molar-refractivity contribution is 6.22. The van der Waals surface area contributed by atoms with E-state index >= 15 is 0 Å². The molecule has 1 fully saturated rings. The van der Waals surface area contributed by atoms with E-state index < -0.39 is 16.9 Å². The summed E-state index contributed by atoms with van der Waals surface area (Å²) in [6.07, 6.45) is 1.08. The zero-order valence-corrected chi connectivity index (χ0v) is 11.0. The Kier molecular flexibility index (Phi) is 3.28. The highest BCUT2D eigenvalue weighted by Crippen LogP contribution is 2.56. The first-order valence-corrected chi connectivity index (χ1v) is 6.12. The topological polar surface area (TPSA) is 29.5 Å². The number of hydrogen-bond acceptors (Lipinski definition) is 2. The minimum Gasteiger partial charge on any atom is -0.496 e. The molecule has 2 rings (SSSR count). The number of halogens is 3. The maximum Gasteiger partial charge on any atom is 0.354 e. The third-order valence-corrected chi connectivity index (χ3v) is 3.65. The zero-order valence-electron chi connectivity index (χ0n) is 10.2. The lowest BCUT2D eigenvalue weighted by atomic mass is 9.87. The summed E-state index contributed by atoms with van der Waals surface area (Å²) in [6, 6.07) is 4.82. The van der Waals surface area contributed by atoms with Crippen LogP contribution in [0.5, 0.6) is 5.75 Å². The monoisotopic (exact) mass is 276 g/mol. The van der Waals surface area contributed by atoms with E-state index in [4.69, 9.17) is 16.3 Å². The van der Waals surface area contributed by atoms with Gasteiger partial charge in [-0.15, -0.1) is 0 Å². The van der Waals surface area contributed by atoms with Crippen molar-refractivity contribution in [2.45, 2.75) is 30.7 Å². The highest BCUT2D eigenvalue weighted by Gasteiger charge is 2.62. The molecule has 1 saturated carbocycles. The summed E-state index contributed by atoms with van der Waals surface area (Å²) in [5.41, 5.74) is -1.54. The van der Waals surface area contributed by atoms with E-state index in [2.05, 4.69) is 0 Å². The maximum atomic E-state index is 13.7. The third kappa shape index (κ3) is 2.08. The normalized spacial score (nSPS) is 19.4. The van der Waals surface area contributed by atoms with Crippen LogP contribution in [0.3, 0.4) is 0 Å². The molecule has 0 heterocycles. The van der Waals surface area contributed by atoms with Crippen molar-refractivity contribution in [1.29, 1.82) is 0 Å². The van der Waals surface area contributed by atoms with Crippen LogP contribution in [-0.4, -0.2) is 17.6 Å². The van der Waals surface area contributed by atoms with Crippen LogP contribution in [-0.2, 0) is 5.60 Å². The molecule has 1 atom stereocenters. The Morgan fingerprint density at radius 1 is 1.39 bits per heavy atom. The van der Waals surface area contributed by atoms with Gasteiger partial charge in [0.15, 0.2) is 5.60 Å². The largest absolute Gasteiger partial charge is 0.496 e. The molecule has 0 radical (unpaired) electrons. The van der Waals surface area contributed by atoms with Gasteiger partial charge in [-0.2, -0.15) is 8.78 Å². The van der Waals surface area contributed by atoms with Crippen LogP contribution in [0.25, 0.3) is 0 Å². The van der Waals surface area contributed by atoms with E-state index in [0.29, 0.717) is 12.8 Å². The van der Waals surface area contributed by atoms with Crippen molar-refractivity contribution in [3.8, 4) is 5.75 Å². The number of ether oxygens (including phenoxy) is 1. The Balaban J connectivity index is 2.59. The van der Waals surface area contributed by atoms with Gasteiger partial charge in [0.05, 0.1) is 7.11 Å². The molecule has 1 aromatic rings. The zero-order chi connectivity index (χ0) is 13.6. The van der Waals surface area contributed by atoms with Crippen molar-refractivity contribution < 1.29 is 18.6 Å². The first kappa shape index (κ1) is 13.6. The number of hydrogen-bond donors (Lipinski definition) is 1. The lowest BCUT2D eigenvalue weighted by Gasteiger charge is -2.33. The Hall–Kier alpha value is -0.870. The number of benzene rings is 1. The summed E-state index contributed by atoms with van der Waals surface area (Å²) in [4.78, 5) is 0. The van der Waals surface area contributed by atoms with E-state index in [1.165, 1.54) is 13.2 Å². The molecule has 0 spiro atoms. The predicted octanol–water partition coefficient (Wildman–Crippen LogP) is 3.43. The van der Waals surface area contributed by atoms with Crippen molar-refractivity contribution in [2.24, 2.45) is 5.92 Å². The number of methoxy groups -OCH3 is 1. The molecule has 100 valence electrons. The van der Waals surface area contributed by atoms with Crippen molar-refractivity contribution in [3.63, 3.8) is 0 Å². The SMILES string of the molecule is COc1ccc(C)cc1C(O)(C1CC1)C(F)(F)Cl. The minimum atomic E-state index is -3.73. The molecule has 0 saturated heterocycles. The highest BCUT2D eigenvalue weighted by atomic mass is 35.5. The second kappa shape index (κ2) is 4.35. The molecule has 1 aromatic carbocycles. The number of alkyl halides is 3. The molecule has 1 aliphatic carbocycles. The Labute approximate surface area is 110 Å². The Morgan fingerprint density at radius 3 is 2.44 bits per heavy atom. The van der Waals surface area contributed by atoms with Crippen LogP contribution < -0.4 is 4.74 Å². The van der Waals surface area contributed by atoms with Crippen molar-refractivity contribution in [2.75, 3.05) is 7.11 Å². The number of aryl methyl sites for hydroxylation is 1. The summed E-state index contributed by atoms with van der Waals surface area (Å²) < 4.78 is 32.4. The Morgan fingerprint density at radius 2 is 2.00 bits per heavy atom. The fraction of sp³-hybridized carbons (Fsp3) is 0.538. The van der Waals surface area contributed by atoms with E-state index in [-0.39, 0.29) is 11.3 Å². The molecule has 0 aliphatic heterocycles. The lowest BCUT2D eigenvalue weighted by molar-refractivity contribution is -0.147. The summed E-state index contributed by atoms with van der Waals surface area (Å²) in [7, 11) is 1.38. The molecule has 0 aromatic heterocycles. The van der Waals surface area contributed by atoms with Gasteiger partial charge in [-0.05, 0) is 49.4 Å². The average Bonchev–Trinajstić information content (AvgIpc) is 3.10. The van der Waals surface area contributed by atoms with Gasteiger partial charge in [0.25, 0.3) is 0 Å². The van der Waals surface area contributed by atoms with Crippen LogP contribution in [0, 0.1) is 12.8 Å². The van der Waals surface area contributed by atoms with Crippen LogP contribution in [0.4, 0.5) is 8.78 Å². The summed E-state index contributed by atoms with van der Waals surface area (Å²) >= 11 is 5.15. The van der Waals surface area contributed by atoms with E-state index in [9.17, 15) is 13.9 Å². The fourth-order valence-corrected chi connectivity index (χ4v) is 2.48. The van der Waals surface area contributed by atoms with Crippen LogP contribution >= 0.6 is 11.6 Å². The molecule has 1 N–H and O–H groups in total. The van der Waals surface area contributed by atoms with Gasteiger partial charge < -0.3 is 9.84 Å². The van der Waals surface area contributed by atoms with Crippen LogP contribution in [0.15, 0.2) is 18.2 Å². The van der Waals surface area contributed by atoms with Gasteiger partial charge >= 0.3 is 5.38 Å². The molecule has 18 heavy (non-hydrogen) atoms. The quantitative estimate of drug-likeness (QED) is 0.854. The van der Waals surface area contributed by atoms with E-state index in [0.717, 1.165) is 5.56 Å². The van der Waals surface area contributed by atoms with Gasteiger partial charge in [-0.3, -0.25) is 0 Å². The van der Waals surface area contributed by atoms with E-state index in [1.807, 2.05) is 0 Å². The fourth-order valence-electron chi connectivity index (χ4n) is 2.22. The van der Waals surface area contributed by atoms with Crippen LogP contribution in [0.1, 0.15) is 24.0 Å². The smallest absolute Gasteiger partial charge is 0.354 e. The van der Waals surface area contributed by atoms with Gasteiger partial charge in [0, 0.05) is 5.56 Å². The second-order valence-corrected chi connectivity index (χ2v) is 5.22. The molecule has 2 nitrogen and oxygen atoms in total. The molecule has 1 aliphatic rings. The molecular weight excluding hydrogens is 262 g/mol. The van der Waals surface area contributed by atoms with Crippen molar-refractivity contribution >= 4 is 11.6 Å². The van der Waals surface area contributed by atoms with Crippen molar-refractivity contribution in [3.05, 3.63) is 29.3 Å². The van der Waals surface area contributed by atoms with Gasteiger partial charge in [-0.1, -0.05) is 11.6 Å². The Bertz CT molecular complexity index is 455. The molecule has 1 unspecified atom stereocenters. The van der Waals surface area contributed by atoms with Crippen LogP contribution in [0.2, 0.25) is 0 Å². The lowest BCUT2D eigenvalue weighted by Crippen LogP contribution is -2.43. The maximum absolute atomic E-state index is 13.7. The third-order valence-electron chi connectivity index (χ3n) is 3.37. The molecule has 0 amide bonds. The molecular formula is C13H15ClF2O2. The first-order valence-electron chi connectivity index (χ1n) is 5.75. The van der Waals surface area contributed by atoms with E-state index in [1.54, 1.807) is 19.1 Å². The number of rotatable bonds is 4. The minimum absolute atomic E-state index is 0.0625. The van der Waals surface area contributed by atoms with Gasteiger partial charge in [-0.25, -0.2) is 0 Å². The standard InChI is InChI=1S/C13H15ClF2O2/c1-8-3-6-11(18-2)10(7-8)12(17,9-4-5-9)13(14,15)16/h3,6-7,9,17H,4-5H2,1-2H3. The molecule has 0 bridgehead atoms. The summed E-state index contributed by atoms with van der Waals surface area (Å²) in [5, 5.41) is 6.71. The van der Waals surface area contributed by atoms with Gasteiger partial charge in [0.2, 0.25) is 0 Å². The summed E-state index contributed by atoms with van der Waals surface area (Å²) in [6.45, 7) is 1.77. The first-order chi connectivity index (χ1) is 8.30. The molecule has 5 heteroatoms. The van der Waals surface area contributed by atoms with Crippen molar-refractivity contribution in [1.82, 2.24) is 0 Å².